The number of nitrogens with one attached hydrogen (secondary N) is 1. The van der Waals surface area contributed by atoms with E-state index in [1.54, 1.807) is 24.3 Å². The summed E-state index contributed by atoms with van der Waals surface area (Å²) in [5.74, 6) is -1.02. The van der Waals surface area contributed by atoms with Crippen molar-refractivity contribution >= 4 is 17.7 Å². The quantitative estimate of drug-likeness (QED) is 0.798. The van der Waals surface area contributed by atoms with Gasteiger partial charge in [-0.05, 0) is 38.0 Å². The van der Waals surface area contributed by atoms with Crippen LogP contribution in [0.4, 0.5) is 0 Å². The summed E-state index contributed by atoms with van der Waals surface area (Å²) < 4.78 is 1.91. The first-order valence-electron chi connectivity index (χ1n) is 8.59. The summed E-state index contributed by atoms with van der Waals surface area (Å²) in [6, 6.07) is 8.62. The lowest BCUT2D eigenvalue weighted by Gasteiger charge is -2.16. The Morgan fingerprint density at radius 1 is 1.15 bits per heavy atom. The van der Waals surface area contributed by atoms with Crippen LogP contribution in [0.1, 0.15) is 39.0 Å². The number of carbonyl (C=O) groups excluding carboxylic acids is 3. The van der Waals surface area contributed by atoms with Crippen molar-refractivity contribution < 1.29 is 14.4 Å². The second-order valence-corrected chi connectivity index (χ2v) is 6.76. The molecule has 3 amide bonds. The maximum absolute atomic E-state index is 12.3. The minimum absolute atomic E-state index is 0.166. The first-order chi connectivity index (χ1) is 12.4. The van der Waals surface area contributed by atoms with Crippen molar-refractivity contribution in [1.29, 1.82) is 0 Å². The predicted octanol–water partition coefficient (Wildman–Crippen LogP) is 1.55. The molecular weight excluding hydrogens is 332 g/mol. The van der Waals surface area contributed by atoms with Crippen LogP contribution in [0.15, 0.2) is 30.3 Å². The van der Waals surface area contributed by atoms with Gasteiger partial charge < -0.3 is 5.32 Å². The third-order valence-corrected chi connectivity index (χ3v) is 4.42. The lowest BCUT2D eigenvalue weighted by Crippen LogP contribution is -2.41. The van der Waals surface area contributed by atoms with Gasteiger partial charge in [-0.25, -0.2) is 0 Å². The van der Waals surface area contributed by atoms with Crippen LogP contribution in [-0.4, -0.2) is 45.5 Å². The monoisotopic (exact) mass is 354 g/mol. The molecule has 0 saturated carbocycles. The average Bonchev–Trinajstić information content (AvgIpc) is 3.04. The van der Waals surface area contributed by atoms with E-state index in [0.717, 1.165) is 16.3 Å². The van der Waals surface area contributed by atoms with Crippen molar-refractivity contribution in [2.45, 2.75) is 27.3 Å². The van der Waals surface area contributed by atoms with Gasteiger partial charge in [0.15, 0.2) is 0 Å². The molecule has 1 aliphatic rings. The second-order valence-electron chi connectivity index (χ2n) is 6.76. The molecule has 7 nitrogen and oxygen atoms in total. The summed E-state index contributed by atoms with van der Waals surface area (Å²) >= 11 is 0. The van der Waals surface area contributed by atoms with Crippen LogP contribution in [0.3, 0.4) is 0 Å². The Hall–Kier alpha value is -2.96. The number of hydrogen-bond donors (Lipinski definition) is 1. The molecule has 2 aromatic rings. The number of nitrogens with zero attached hydrogens (tertiary/aromatic N) is 3. The maximum Gasteiger partial charge on any atom is 0.262 e. The summed E-state index contributed by atoms with van der Waals surface area (Å²) in [5, 5.41) is 7.21. The number of fused-ring (bicyclic) bond motifs is 1. The summed E-state index contributed by atoms with van der Waals surface area (Å²) in [6.07, 6.45) is 0. The smallest absolute Gasteiger partial charge is 0.262 e. The zero-order valence-corrected chi connectivity index (χ0v) is 15.2. The molecule has 0 spiro atoms. The Morgan fingerprint density at radius 2 is 1.77 bits per heavy atom. The number of rotatable bonds is 6. The molecule has 0 aliphatic carbocycles. The summed E-state index contributed by atoms with van der Waals surface area (Å²) in [6.45, 7) is 6.82. The molecule has 1 N–H and O–H groups in total. The van der Waals surface area contributed by atoms with E-state index in [-0.39, 0.29) is 18.4 Å². The van der Waals surface area contributed by atoms with Gasteiger partial charge in [-0.15, -0.1) is 0 Å². The van der Waals surface area contributed by atoms with Crippen LogP contribution in [0.2, 0.25) is 0 Å². The number of aryl methyl sites for hydroxylation is 2. The zero-order valence-electron chi connectivity index (χ0n) is 15.2. The van der Waals surface area contributed by atoms with Crippen LogP contribution in [0, 0.1) is 19.8 Å². The van der Waals surface area contributed by atoms with E-state index in [1.807, 2.05) is 31.5 Å². The van der Waals surface area contributed by atoms with Crippen molar-refractivity contribution in [3.8, 4) is 0 Å². The predicted molar refractivity (Wildman–Crippen MR) is 95.7 cm³/mol. The molecular formula is C19H22N4O3. The highest BCUT2D eigenvalue weighted by molar-refractivity contribution is 6.22. The molecule has 26 heavy (non-hydrogen) atoms. The van der Waals surface area contributed by atoms with Crippen LogP contribution in [0.25, 0.3) is 0 Å². The number of imide groups is 1. The Morgan fingerprint density at radius 3 is 2.31 bits per heavy atom. The second kappa shape index (κ2) is 7.11. The number of amides is 3. The standard InChI is InChI=1S/C19H22N4O3/c1-12(10-23-14(3)8-13(2)21-23)9-20-17(24)11-22-18(25)15-6-4-5-7-16(15)19(22)26/h4-8,12H,9-11H2,1-3H3,(H,20,24). The normalized spacial score (nSPS) is 14.5. The maximum atomic E-state index is 12.3. The first-order valence-corrected chi connectivity index (χ1v) is 8.59. The van der Waals surface area contributed by atoms with Gasteiger partial charge in [0.1, 0.15) is 6.54 Å². The van der Waals surface area contributed by atoms with E-state index < -0.39 is 11.8 Å². The average molecular weight is 354 g/mol. The molecule has 0 bridgehead atoms. The topological polar surface area (TPSA) is 84.3 Å². The van der Waals surface area contributed by atoms with E-state index >= 15 is 0 Å². The summed E-state index contributed by atoms with van der Waals surface area (Å²) in [7, 11) is 0. The fourth-order valence-corrected chi connectivity index (χ4v) is 3.09. The molecule has 1 aromatic heterocycles. The summed E-state index contributed by atoms with van der Waals surface area (Å²) in [5.41, 5.74) is 2.74. The molecule has 0 fully saturated rings. The third-order valence-electron chi connectivity index (χ3n) is 4.42. The van der Waals surface area contributed by atoms with Crippen molar-refractivity contribution in [3.05, 3.63) is 52.8 Å². The molecule has 3 rings (SSSR count). The fourth-order valence-electron chi connectivity index (χ4n) is 3.09. The van der Waals surface area contributed by atoms with Crippen LogP contribution < -0.4 is 5.32 Å². The molecule has 7 heteroatoms. The van der Waals surface area contributed by atoms with Gasteiger partial charge in [0.05, 0.1) is 16.8 Å². The van der Waals surface area contributed by atoms with E-state index in [1.165, 1.54) is 0 Å². The van der Waals surface area contributed by atoms with Gasteiger partial charge in [-0.2, -0.15) is 5.10 Å². The highest BCUT2D eigenvalue weighted by Gasteiger charge is 2.36. The SMILES string of the molecule is Cc1cc(C)n(CC(C)CNC(=O)CN2C(=O)c3ccccc3C2=O)n1. The molecule has 0 saturated heterocycles. The number of aromatic nitrogens is 2. The largest absolute Gasteiger partial charge is 0.354 e. The fraction of sp³-hybridized carbons (Fsp3) is 0.368. The lowest BCUT2D eigenvalue weighted by atomic mass is 10.1. The van der Waals surface area contributed by atoms with Crippen molar-refractivity contribution in [3.63, 3.8) is 0 Å². The third kappa shape index (κ3) is 3.51. The van der Waals surface area contributed by atoms with Crippen molar-refractivity contribution in [1.82, 2.24) is 20.0 Å². The molecule has 0 radical (unpaired) electrons. The minimum atomic E-state index is -0.420. The zero-order chi connectivity index (χ0) is 18.8. The Balaban J connectivity index is 1.53. The van der Waals surface area contributed by atoms with E-state index in [4.69, 9.17) is 0 Å². The van der Waals surface area contributed by atoms with Gasteiger partial charge in [-0.3, -0.25) is 24.0 Å². The Kier molecular flexibility index (Phi) is 4.88. The van der Waals surface area contributed by atoms with Gasteiger partial charge in [-0.1, -0.05) is 19.1 Å². The van der Waals surface area contributed by atoms with Crippen LogP contribution in [0.5, 0.6) is 0 Å². The number of hydrogen-bond acceptors (Lipinski definition) is 4. The minimum Gasteiger partial charge on any atom is -0.354 e. The molecule has 1 unspecified atom stereocenters. The lowest BCUT2D eigenvalue weighted by molar-refractivity contribution is -0.121. The molecule has 1 aromatic carbocycles. The van der Waals surface area contributed by atoms with Crippen LogP contribution in [-0.2, 0) is 11.3 Å². The Bertz CT molecular complexity index is 836. The molecule has 2 heterocycles. The number of carbonyl (C=O) groups is 3. The molecule has 1 atom stereocenters. The van der Waals surface area contributed by atoms with Gasteiger partial charge >= 0.3 is 0 Å². The highest BCUT2D eigenvalue weighted by atomic mass is 16.2. The highest BCUT2D eigenvalue weighted by Crippen LogP contribution is 2.21. The van der Waals surface area contributed by atoms with Gasteiger partial charge in [0.2, 0.25) is 5.91 Å². The van der Waals surface area contributed by atoms with Gasteiger partial charge in [0, 0.05) is 18.8 Å². The Labute approximate surface area is 152 Å². The van der Waals surface area contributed by atoms with Crippen molar-refractivity contribution in [2.24, 2.45) is 5.92 Å². The number of benzene rings is 1. The van der Waals surface area contributed by atoms with E-state index in [9.17, 15) is 14.4 Å². The molecule has 1 aliphatic heterocycles. The summed E-state index contributed by atoms with van der Waals surface area (Å²) in [4.78, 5) is 37.7. The van der Waals surface area contributed by atoms with Gasteiger partial charge in [0.25, 0.3) is 11.8 Å². The van der Waals surface area contributed by atoms with Crippen molar-refractivity contribution in [2.75, 3.05) is 13.1 Å². The van der Waals surface area contributed by atoms with E-state index in [2.05, 4.69) is 10.4 Å². The molecule has 136 valence electrons. The van der Waals surface area contributed by atoms with Crippen LogP contribution >= 0.6 is 0 Å². The van der Waals surface area contributed by atoms with E-state index in [0.29, 0.717) is 24.2 Å². The first kappa shape index (κ1) is 17.8.